The molecular weight excluding hydrogens is 284 g/mol. The number of anilines is 1. The maximum Gasteiger partial charge on any atom is 0.267 e. The van der Waals surface area contributed by atoms with Gasteiger partial charge in [0.15, 0.2) is 5.82 Å². The lowest BCUT2D eigenvalue weighted by molar-refractivity contribution is 0.102. The lowest BCUT2D eigenvalue weighted by Crippen LogP contribution is -2.12. The van der Waals surface area contributed by atoms with Gasteiger partial charge in [-0.05, 0) is 30.4 Å². The minimum atomic E-state index is -0.118. The molecule has 108 valence electrons. The van der Waals surface area contributed by atoms with Crippen LogP contribution >= 0.6 is 11.3 Å². The van der Waals surface area contributed by atoms with Gasteiger partial charge in [-0.2, -0.15) is 0 Å². The van der Waals surface area contributed by atoms with Crippen molar-refractivity contribution < 1.29 is 9.32 Å². The molecule has 5 heteroatoms. The van der Waals surface area contributed by atoms with Crippen molar-refractivity contribution in [2.75, 3.05) is 5.32 Å². The summed E-state index contributed by atoms with van der Waals surface area (Å²) >= 11 is 1.53. The van der Waals surface area contributed by atoms with E-state index in [0.717, 1.165) is 28.0 Å². The van der Waals surface area contributed by atoms with E-state index in [1.54, 1.807) is 13.0 Å². The fourth-order valence-corrected chi connectivity index (χ4v) is 3.53. The number of carbonyl (C=O) groups is 1. The van der Waals surface area contributed by atoms with Crippen molar-refractivity contribution in [3.8, 4) is 0 Å². The van der Waals surface area contributed by atoms with Gasteiger partial charge in [-0.15, -0.1) is 11.3 Å². The summed E-state index contributed by atoms with van der Waals surface area (Å²) in [6.45, 7) is 3.92. The fourth-order valence-electron chi connectivity index (χ4n) is 2.38. The Morgan fingerprint density at radius 2 is 2.19 bits per heavy atom. The Morgan fingerprint density at radius 1 is 1.38 bits per heavy atom. The lowest BCUT2D eigenvalue weighted by atomic mass is 10.1. The van der Waals surface area contributed by atoms with Gasteiger partial charge < -0.3 is 9.84 Å². The Bertz CT molecular complexity index is 789. The van der Waals surface area contributed by atoms with Crippen molar-refractivity contribution in [2.45, 2.75) is 26.7 Å². The van der Waals surface area contributed by atoms with Crippen molar-refractivity contribution in [2.24, 2.45) is 0 Å². The Labute approximate surface area is 126 Å². The Hall–Kier alpha value is -2.14. The average Bonchev–Trinajstić information content (AvgIpc) is 3.04. The third-order valence-electron chi connectivity index (χ3n) is 3.27. The maximum absolute atomic E-state index is 12.5. The summed E-state index contributed by atoms with van der Waals surface area (Å²) in [5.41, 5.74) is 1.12. The molecule has 0 aliphatic heterocycles. The molecule has 3 rings (SSSR count). The molecule has 2 aromatic heterocycles. The number of thiophene rings is 1. The highest BCUT2D eigenvalue weighted by atomic mass is 32.1. The van der Waals surface area contributed by atoms with Crippen LogP contribution in [0, 0.1) is 6.92 Å². The number of rotatable bonds is 4. The number of aromatic nitrogens is 1. The summed E-state index contributed by atoms with van der Waals surface area (Å²) < 4.78 is 6.12. The largest absolute Gasteiger partial charge is 0.360 e. The van der Waals surface area contributed by atoms with E-state index in [1.807, 2.05) is 12.1 Å². The molecule has 0 aliphatic carbocycles. The topological polar surface area (TPSA) is 55.1 Å². The zero-order valence-corrected chi connectivity index (χ0v) is 12.8. The first-order chi connectivity index (χ1) is 10.2. The van der Waals surface area contributed by atoms with Crippen LogP contribution in [0.25, 0.3) is 10.1 Å². The number of aryl methyl sites for hydroxylation is 2. The molecule has 1 amide bonds. The van der Waals surface area contributed by atoms with E-state index in [1.165, 1.54) is 16.7 Å². The minimum Gasteiger partial charge on any atom is -0.360 e. The molecule has 0 unspecified atom stereocenters. The van der Waals surface area contributed by atoms with Crippen molar-refractivity contribution >= 4 is 33.1 Å². The zero-order valence-electron chi connectivity index (χ0n) is 12.0. The van der Waals surface area contributed by atoms with Crippen LogP contribution in [-0.4, -0.2) is 11.1 Å². The predicted molar refractivity (Wildman–Crippen MR) is 85.0 cm³/mol. The molecule has 0 bridgehead atoms. The molecule has 2 heterocycles. The highest BCUT2D eigenvalue weighted by Gasteiger charge is 2.18. The average molecular weight is 300 g/mol. The molecule has 3 aromatic rings. The highest BCUT2D eigenvalue weighted by Crippen LogP contribution is 2.32. The van der Waals surface area contributed by atoms with E-state index in [9.17, 15) is 4.79 Å². The second kappa shape index (κ2) is 5.69. The molecule has 1 aromatic carbocycles. The minimum absolute atomic E-state index is 0.118. The van der Waals surface area contributed by atoms with Gasteiger partial charge in [-0.3, -0.25) is 4.79 Å². The number of nitrogens with zero attached hydrogens (tertiary/aromatic N) is 1. The number of carbonyl (C=O) groups excluding carboxylic acids is 1. The molecule has 0 radical (unpaired) electrons. The number of hydrogen-bond donors (Lipinski definition) is 1. The molecule has 0 spiro atoms. The second-order valence-corrected chi connectivity index (χ2v) is 5.99. The summed E-state index contributed by atoms with van der Waals surface area (Å²) in [5, 5.41) is 7.79. The normalized spacial score (nSPS) is 11.0. The Morgan fingerprint density at radius 3 is 2.90 bits per heavy atom. The maximum atomic E-state index is 12.5. The number of nitrogens with one attached hydrogen (secondary N) is 1. The van der Waals surface area contributed by atoms with Gasteiger partial charge in [-0.1, -0.05) is 36.7 Å². The van der Waals surface area contributed by atoms with Gasteiger partial charge in [0.2, 0.25) is 0 Å². The standard InChI is InChI=1S/C16H16N2O2S/c1-3-6-12-11-7-4-5-8-13(11)21-15(12)16(19)17-14-9-10(2)20-18-14/h4-5,7-9H,3,6H2,1-2H3,(H,17,18,19). The number of hydrogen-bond acceptors (Lipinski definition) is 4. The molecule has 1 N–H and O–H groups in total. The molecule has 0 aliphatic rings. The number of fused-ring (bicyclic) bond motifs is 1. The lowest BCUT2D eigenvalue weighted by Gasteiger charge is -2.03. The SMILES string of the molecule is CCCc1c(C(=O)Nc2cc(C)on2)sc2ccccc12. The van der Waals surface area contributed by atoms with Crippen molar-refractivity contribution in [3.05, 3.63) is 46.5 Å². The predicted octanol–water partition coefficient (Wildman–Crippen LogP) is 4.40. The van der Waals surface area contributed by atoms with Crippen LogP contribution in [-0.2, 0) is 6.42 Å². The van der Waals surface area contributed by atoms with E-state index in [0.29, 0.717) is 11.6 Å². The summed E-state index contributed by atoms with van der Waals surface area (Å²) in [5.74, 6) is 1.01. The number of benzene rings is 1. The van der Waals surface area contributed by atoms with E-state index >= 15 is 0 Å². The van der Waals surface area contributed by atoms with E-state index in [4.69, 9.17) is 4.52 Å². The van der Waals surface area contributed by atoms with E-state index in [2.05, 4.69) is 29.5 Å². The van der Waals surface area contributed by atoms with Gasteiger partial charge in [0.25, 0.3) is 5.91 Å². The van der Waals surface area contributed by atoms with Crippen LogP contribution in [0.4, 0.5) is 5.82 Å². The first-order valence-electron chi connectivity index (χ1n) is 6.94. The zero-order chi connectivity index (χ0) is 14.8. The Kier molecular flexibility index (Phi) is 3.75. The molecule has 0 fully saturated rings. The third-order valence-corrected chi connectivity index (χ3v) is 4.49. The summed E-state index contributed by atoms with van der Waals surface area (Å²) in [6.07, 6.45) is 1.90. The smallest absolute Gasteiger partial charge is 0.267 e. The summed E-state index contributed by atoms with van der Waals surface area (Å²) in [4.78, 5) is 13.3. The molecule has 0 atom stereocenters. The van der Waals surface area contributed by atoms with E-state index in [-0.39, 0.29) is 5.91 Å². The molecule has 4 nitrogen and oxygen atoms in total. The monoisotopic (exact) mass is 300 g/mol. The fraction of sp³-hybridized carbons (Fsp3) is 0.250. The van der Waals surface area contributed by atoms with Crippen LogP contribution in [0.15, 0.2) is 34.9 Å². The van der Waals surface area contributed by atoms with Gasteiger partial charge in [0.05, 0.1) is 4.88 Å². The third kappa shape index (κ3) is 2.69. The Balaban J connectivity index is 1.98. The van der Waals surface area contributed by atoms with Crippen LogP contribution in [0.3, 0.4) is 0 Å². The van der Waals surface area contributed by atoms with E-state index < -0.39 is 0 Å². The number of amides is 1. The first kappa shape index (κ1) is 13.8. The van der Waals surface area contributed by atoms with Gasteiger partial charge in [-0.25, -0.2) is 0 Å². The van der Waals surface area contributed by atoms with Crippen LogP contribution in [0.5, 0.6) is 0 Å². The van der Waals surface area contributed by atoms with Crippen molar-refractivity contribution in [3.63, 3.8) is 0 Å². The van der Waals surface area contributed by atoms with Crippen molar-refractivity contribution in [1.29, 1.82) is 0 Å². The van der Waals surface area contributed by atoms with Gasteiger partial charge >= 0.3 is 0 Å². The van der Waals surface area contributed by atoms with Crippen LogP contribution < -0.4 is 5.32 Å². The molecule has 21 heavy (non-hydrogen) atoms. The first-order valence-corrected chi connectivity index (χ1v) is 7.75. The second-order valence-electron chi connectivity index (χ2n) is 4.93. The highest BCUT2D eigenvalue weighted by molar-refractivity contribution is 7.21. The van der Waals surface area contributed by atoms with Crippen LogP contribution in [0.2, 0.25) is 0 Å². The quantitative estimate of drug-likeness (QED) is 0.777. The van der Waals surface area contributed by atoms with Gasteiger partial charge in [0, 0.05) is 10.8 Å². The molecular formula is C16H16N2O2S. The van der Waals surface area contributed by atoms with Crippen LogP contribution in [0.1, 0.15) is 34.3 Å². The molecule has 0 saturated carbocycles. The summed E-state index contributed by atoms with van der Waals surface area (Å²) in [7, 11) is 0. The summed E-state index contributed by atoms with van der Waals surface area (Å²) in [6, 6.07) is 9.85. The molecule has 0 saturated heterocycles. The van der Waals surface area contributed by atoms with Gasteiger partial charge in [0.1, 0.15) is 5.76 Å². The van der Waals surface area contributed by atoms with Crippen molar-refractivity contribution in [1.82, 2.24) is 5.16 Å².